The Hall–Kier alpha value is -2.63. The number of nitrogens with zero attached hydrogens (tertiary/aromatic N) is 3. The van der Waals surface area contributed by atoms with Crippen molar-refractivity contribution in [3.05, 3.63) is 42.2 Å². The zero-order valence-electron chi connectivity index (χ0n) is 11.6. The van der Waals surface area contributed by atoms with Crippen LogP contribution < -0.4 is 15.0 Å². The van der Waals surface area contributed by atoms with Crippen LogP contribution in [-0.2, 0) is 0 Å². The van der Waals surface area contributed by atoms with Gasteiger partial charge in [0.1, 0.15) is 5.82 Å². The molecule has 6 heteroatoms. The molecule has 2 heterocycles. The number of amides is 1. The average Bonchev–Trinajstić information content (AvgIpc) is 2.48. The van der Waals surface area contributed by atoms with Gasteiger partial charge in [-0.05, 0) is 18.2 Å². The van der Waals surface area contributed by atoms with Crippen molar-refractivity contribution in [1.82, 2.24) is 9.97 Å². The molecule has 0 saturated heterocycles. The van der Waals surface area contributed by atoms with Gasteiger partial charge < -0.3 is 15.0 Å². The molecule has 0 bridgehead atoms. The Kier molecular flexibility index (Phi) is 4.14. The monoisotopic (exact) mass is 272 g/mol. The number of aromatic nitrogens is 2. The summed E-state index contributed by atoms with van der Waals surface area (Å²) in [4.78, 5) is 22.1. The molecule has 2 aromatic heterocycles. The minimum Gasteiger partial charge on any atom is -0.481 e. The molecule has 0 aromatic carbocycles. The Balaban J connectivity index is 2.06. The fraction of sp³-hybridized carbons (Fsp3) is 0.214. The number of ether oxygens (including phenoxy) is 1. The van der Waals surface area contributed by atoms with Crippen LogP contribution in [0.15, 0.2) is 36.7 Å². The summed E-state index contributed by atoms with van der Waals surface area (Å²) in [6.07, 6.45) is 3.08. The first-order valence-electron chi connectivity index (χ1n) is 6.05. The van der Waals surface area contributed by atoms with Crippen LogP contribution in [0, 0.1) is 0 Å². The number of carbonyl (C=O) groups is 1. The van der Waals surface area contributed by atoms with Gasteiger partial charge >= 0.3 is 0 Å². The van der Waals surface area contributed by atoms with Gasteiger partial charge in [-0.3, -0.25) is 4.79 Å². The third-order valence-corrected chi connectivity index (χ3v) is 2.67. The maximum Gasteiger partial charge on any atom is 0.257 e. The van der Waals surface area contributed by atoms with Gasteiger partial charge in [-0.25, -0.2) is 9.97 Å². The molecule has 0 aliphatic carbocycles. The summed E-state index contributed by atoms with van der Waals surface area (Å²) >= 11 is 0. The van der Waals surface area contributed by atoms with E-state index in [-0.39, 0.29) is 5.91 Å². The first kappa shape index (κ1) is 13.8. The van der Waals surface area contributed by atoms with Gasteiger partial charge in [-0.1, -0.05) is 0 Å². The van der Waals surface area contributed by atoms with Crippen molar-refractivity contribution in [2.45, 2.75) is 0 Å². The van der Waals surface area contributed by atoms with Crippen molar-refractivity contribution in [3.63, 3.8) is 0 Å². The number of hydrogen-bond acceptors (Lipinski definition) is 5. The standard InChI is InChI=1S/C14H16N4O2/c1-18(2)12-6-5-11(9-15-12)17-14(19)10-4-7-13(20-3)16-8-10/h4-9H,1-3H3,(H,17,19). The van der Waals surface area contributed by atoms with E-state index in [0.717, 1.165) is 5.82 Å². The summed E-state index contributed by atoms with van der Waals surface area (Å²) in [6.45, 7) is 0. The molecule has 6 nitrogen and oxygen atoms in total. The Morgan fingerprint density at radius 3 is 2.45 bits per heavy atom. The van der Waals surface area contributed by atoms with Gasteiger partial charge in [-0.15, -0.1) is 0 Å². The van der Waals surface area contributed by atoms with Gasteiger partial charge in [-0.2, -0.15) is 0 Å². The second kappa shape index (κ2) is 6.01. The first-order chi connectivity index (χ1) is 9.60. The van der Waals surface area contributed by atoms with Gasteiger partial charge in [0.25, 0.3) is 5.91 Å². The highest BCUT2D eigenvalue weighted by Crippen LogP contribution is 2.13. The minimum atomic E-state index is -0.237. The summed E-state index contributed by atoms with van der Waals surface area (Å²) in [5, 5.41) is 2.76. The lowest BCUT2D eigenvalue weighted by atomic mass is 10.2. The number of carbonyl (C=O) groups excluding carboxylic acids is 1. The van der Waals surface area contributed by atoms with Crippen LogP contribution in [0.1, 0.15) is 10.4 Å². The van der Waals surface area contributed by atoms with E-state index in [1.165, 1.54) is 13.3 Å². The zero-order valence-corrected chi connectivity index (χ0v) is 11.6. The van der Waals surface area contributed by atoms with E-state index in [1.807, 2.05) is 25.1 Å². The molecule has 1 amide bonds. The van der Waals surface area contributed by atoms with Crippen molar-refractivity contribution >= 4 is 17.4 Å². The third kappa shape index (κ3) is 3.23. The van der Waals surface area contributed by atoms with Crippen LogP contribution >= 0.6 is 0 Å². The van der Waals surface area contributed by atoms with Gasteiger partial charge in [0.05, 0.1) is 24.6 Å². The van der Waals surface area contributed by atoms with E-state index in [2.05, 4.69) is 15.3 Å². The molecule has 0 aliphatic heterocycles. The maximum absolute atomic E-state index is 12.0. The van der Waals surface area contributed by atoms with Crippen LogP contribution in [-0.4, -0.2) is 37.1 Å². The lowest BCUT2D eigenvalue weighted by molar-refractivity contribution is 0.102. The van der Waals surface area contributed by atoms with Crippen LogP contribution in [0.4, 0.5) is 11.5 Å². The first-order valence-corrected chi connectivity index (χ1v) is 6.05. The highest BCUT2D eigenvalue weighted by Gasteiger charge is 2.07. The molecule has 0 saturated carbocycles. The van der Waals surface area contributed by atoms with Crippen molar-refractivity contribution in [3.8, 4) is 5.88 Å². The molecule has 2 rings (SSSR count). The fourth-order valence-electron chi connectivity index (χ4n) is 1.56. The number of rotatable bonds is 4. The topological polar surface area (TPSA) is 67.3 Å². The maximum atomic E-state index is 12.0. The summed E-state index contributed by atoms with van der Waals surface area (Å²) < 4.78 is 4.95. The highest BCUT2D eigenvalue weighted by atomic mass is 16.5. The number of hydrogen-bond donors (Lipinski definition) is 1. The molecule has 1 N–H and O–H groups in total. The number of anilines is 2. The van der Waals surface area contributed by atoms with E-state index >= 15 is 0 Å². The molecule has 20 heavy (non-hydrogen) atoms. The zero-order chi connectivity index (χ0) is 14.5. The minimum absolute atomic E-state index is 0.237. The third-order valence-electron chi connectivity index (χ3n) is 2.67. The van der Waals surface area contributed by atoms with Crippen molar-refractivity contribution in [1.29, 1.82) is 0 Å². The van der Waals surface area contributed by atoms with Crippen molar-refractivity contribution < 1.29 is 9.53 Å². The molecular formula is C14H16N4O2. The quantitative estimate of drug-likeness (QED) is 0.919. The Labute approximate surface area is 117 Å². The predicted octanol–water partition coefficient (Wildman–Crippen LogP) is 1.80. The van der Waals surface area contributed by atoms with Crippen LogP contribution in [0.2, 0.25) is 0 Å². The van der Waals surface area contributed by atoms with Crippen LogP contribution in [0.5, 0.6) is 5.88 Å². The van der Waals surface area contributed by atoms with E-state index < -0.39 is 0 Å². The predicted molar refractivity (Wildman–Crippen MR) is 77.3 cm³/mol. The summed E-state index contributed by atoms with van der Waals surface area (Å²) in [5.41, 5.74) is 1.10. The number of nitrogens with one attached hydrogen (secondary N) is 1. The van der Waals surface area contributed by atoms with E-state index in [1.54, 1.807) is 24.4 Å². The molecule has 0 atom stereocenters. The Morgan fingerprint density at radius 2 is 1.95 bits per heavy atom. The second-order valence-corrected chi connectivity index (χ2v) is 4.34. The largest absolute Gasteiger partial charge is 0.481 e. The molecule has 0 aliphatic rings. The molecule has 0 fully saturated rings. The summed E-state index contributed by atoms with van der Waals surface area (Å²) in [5.74, 6) is 1.06. The molecule has 0 radical (unpaired) electrons. The fourth-order valence-corrected chi connectivity index (χ4v) is 1.56. The van der Waals surface area contributed by atoms with Crippen molar-refractivity contribution in [2.24, 2.45) is 0 Å². The summed E-state index contributed by atoms with van der Waals surface area (Å²) in [7, 11) is 5.34. The average molecular weight is 272 g/mol. The lowest BCUT2D eigenvalue weighted by Crippen LogP contribution is -2.14. The Morgan fingerprint density at radius 1 is 1.15 bits per heavy atom. The number of methoxy groups -OCH3 is 1. The molecule has 104 valence electrons. The molecule has 0 unspecified atom stereocenters. The van der Waals surface area contributed by atoms with Gasteiger partial charge in [0.15, 0.2) is 0 Å². The van der Waals surface area contributed by atoms with Crippen LogP contribution in [0.3, 0.4) is 0 Å². The highest BCUT2D eigenvalue weighted by molar-refractivity contribution is 6.04. The molecular weight excluding hydrogens is 256 g/mol. The number of pyridine rings is 2. The Bertz CT molecular complexity index is 579. The lowest BCUT2D eigenvalue weighted by Gasteiger charge is -2.11. The summed E-state index contributed by atoms with van der Waals surface area (Å²) in [6, 6.07) is 6.93. The molecule has 0 spiro atoms. The van der Waals surface area contributed by atoms with Gasteiger partial charge in [0, 0.05) is 26.4 Å². The van der Waals surface area contributed by atoms with E-state index in [9.17, 15) is 4.79 Å². The normalized spacial score (nSPS) is 9.95. The SMILES string of the molecule is COc1ccc(C(=O)Nc2ccc(N(C)C)nc2)cn1. The van der Waals surface area contributed by atoms with E-state index in [4.69, 9.17) is 4.74 Å². The molecule has 2 aromatic rings. The van der Waals surface area contributed by atoms with Gasteiger partial charge in [0.2, 0.25) is 5.88 Å². The smallest absolute Gasteiger partial charge is 0.257 e. The second-order valence-electron chi connectivity index (χ2n) is 4.34. The van der Waals surface area contributed by atoms with Crippen molar-refractivity contribution in [2.75, 3.05) is 31.4 Å². The van der Waals surface area contributed by atoms with Crippen LogP contribution in [0.25, 0.3) is 0 Å². The van der Waals surface area contributed by atoms with E-state index in [0.29, 0.717) is 17.1 Å².